The molecule has 0 amide bonds. The minimum Gasteiger partial charge on any atom is -0.330 e. The Morgan fingerprint density at radius 3 is 2.71 bits per heavy atom. The monoisotopic (exact) mass is 245 g/mol. The summed E-state index contributed by atoms with van der Waals surface area (Å²) in [6, 6.07) is 10.8. The van der Waals surface area contributed by atoms with Gasteiger partial charge in [-0.05, 0) is 65.7 Å². The molecule has 0 bridgehead atoms. The number of aryl methyl sites for hydroxylation is 2. The van der Waals surface area contributed by atoms with Crippen LogP contribution in [0.1, 0.15) is 29.0 Å². The molecular weight excluding hydrogens is 226 g/mol. The van der Waals surface area contributed by atoms with Crippen molar-refractivity contribution in [1.29, 1.82) is 0 Å². The van der Waals surface area contributed by atoms with Gasteiger partial charge in [-0.2, -0.15) is 11.3 Å². The summed E-state index contributed by atoms with van der Waals surface area (Å²) in [5.41, 5.74) is 10.1. The molecule has 1 nitrogen and oxygen atoms in total. The van der Waals surface area contributed by atoms with Gasteiger partial charge in [0, 0.05) is 0 Å². The predicted molar refractivity (Wildman–Crippen MR) is 75.6 cm³/mol. The van der Waals surface area contributed by atoms with Gasteiger partial charge < -0.3 is 5.73 Å². The van der Waals surface area contributed by atoms with Crippen LogP contribution in [0, 0.1) is 6.92 Å². The Bertz CT molecular complexity index is 448. The van der Waals surface area contributed by atoms with Gasteiger partial charge in [0.15, 0.2) is 0 Å². The molecule has 1 aromatic heterocycles. The van der Waals surface area contributed by atoms with Gasteiger partial charge in [-0.15, -0.1) is 0 Å². The van der Waals surface area contributed by atoms with E-state index in [-0.39, 0.29) is 0 Å². The first-order valence-corrected chi connectivity index (χ1v) is 7.02. The van der Waals surface area contributed by atoms with Gasteiger partial charge in [0.1, 0.15) is 0 Å². The van der Waals surface area contributed by atoms with Crippen LogP contribution < -0.4 is 5.73 Å². The summed E-state index contributed by atoms with van der Waals surface area (Å²) < 4.78 is 0. The predicted octanol–water partition coefficient (Wildman–Crippen LogP) is 3.73. The molecule has 2 aromatic rings. The van der Waals surface area contributed by atoms with E-state index in [2.05, 4.69) is 48.0 Å². The summed E-state index contributed by atoms with van der Waals surface area (Å²) in [7, 11) is 0. The van der Waals surface area contributed by atoms with Gasteiger partial charge in [-0.3, -0.25) is 0 Å². The smallest absolute Gasteiger partial charge is 0.000802 e. The third-order valence-electron chi connectivity index (χ3n) is 3.27. The van der Waals surface area contributed by atoms with Crippen molar-refractivity contribution in [1.82, 2.24) is 0 Å². The Hall–Kier alpha value is -1.12. The molecule has 0 fully saturated rings. The molecule has 2 N–H and O–H groups in total. The summed E-state index contributed by atoms with van der Waals surface area (Å²) >= 11 is 1.77. The molecule has 2 rings (SSSR count). The number of rotatable bonds is 5. The van der Waals surface area contributed by atoms with Gasteiger partial charge in [-0.25, -0.2) is 0 Å². The lowest BCUT2D eigenvalue weighted by Crippen LogP contribution is -2.14. The highest BCUT2D eigenvalue weighted by atomic mass is 32.1. The van der Waals surface area contributed by atoms with Gasteiger partial charge >= 0.3 is 0 Å². The number of hydrogen-bond acceptors (Lipinski definition) is 2. The van der Waals surface area contributed by atoms with E-state index in [4.69, 9.17) is 5.73 Å². The molecule has 0 aliphatic rings. The highest BCUT2D eigenvalue weighted by Gasteiger charge is 2.11. The van der Waals surface area contributed by atoms with Crippen molar-refractivity contribution in [3.8, 4) is 0 Å². The minimum atomic E-state index is 0.483. The van der Waals surface area contributed by atoms with Crippen LogP contribution in [0.2, 0.25) is 0 Å². The van der Waals surface area contributed by atoms with Crippen molar-refractivity contribution in [2.45, 2.75) is 25.7 Å². The van der Waals surface area contributed by atoms with E-state index in [1.165, 1.54) is 16.7 Å². The molecule has 1 unspecified atom stereocenters. The van der Waals surface area contributed by atoms with Crippen LogP contribution in [0.25, 0.3) is 0 Å². The lowest BCUT2D eigenvalue weighted by molar-refractivity contribution is 0.631. The molecule has 0 saturated heterocycles. The molecule has 90 valence electrons. The van der Waals surface area contributed by atoms with Crippen molar-refractivity contribution in [2.75, 3.05) is 6.54 Å². The molecule has 2 heteroatoms. The largest absolute Gasteiger partial charge is 0.330 e. The van der Waals surface area contributed by atoms with Crippen LogP contribution >= 0.6 is 11.3 Å². The van der Waals surface area contributed by atoms with Gasteiger partial charge in [0.05, 0.1) is 0 Å². The molecule has 0 aliphatic heterocycles. The Balaban J connectivity index is 2.04. The Labute approximate surface area is 107 Å². The van der Waals surface area contributed by atoms with E-state index in [1.807, 2.05) is 0 Å². The standard InChI is InChI=1S/C15H19NS/c1-12-4-2-3-5-15(12)14(10-16)7-6-13-8-9-17-11-13/h2-5,8-9,11,14H,6-7,10,16H2,1H3. The molecule has 17 heavy (non-hydrogen) atoms. The van der Waals surface area contributed by atoms with Gasteiger partial charge in [-0.1, -0.05) is 24.3 Å². The first-order chi connectivity index (χ1) is 8.31. The van der Waals surface area contributed by atoms with Crippen LogP contribution in [0.3, 0.4) is 0 Å². The lowest BCUT2D eigenvalue weighted by atomic mass is 9.90. The second-order valence-corrected chi connectivity index (χ2v) is 5.24. The fourth-order valence-corrected chi connectivity index (χ4v) is 2.92. The molecule has 1 atom stereocenters. The average Bonchev–Trinajstić information content (AvgIpc) is 2.85. The zero-order valence-corrected chi connectivity index (χ0v) is 11.0. The van der Waals surface area contributed by atoms with E-state index < -0.39 is 0 Å². The number of nitrogens with two attached hydrogens (primary N) is 1. The third kappa shape index (κ3) is 3.18. The van der Waals surface area contributed by atoms with E-state index in [1.54, 1.807) is 11.3 Å². The summed E-state index contributed by atoms with van der Waals surface area (Å²) in [5.74, 6) is 0.483. The van der Waals surface area contributed by atoms with Gasteiger partial charge in [0.2, 0.25) is 0 Å². The fourth-order valence-electron chi connectivity index (χ4n) is 2.22. The maximum absolute atomic E-state index is 5.92. The Kier molecular flexibility index (Phi) is 4.35. The highest BCUT2D eigenvalue weighted by molar-refractivity contribution is 7.07. The molecular formula is C15H19NS. The van der Waals surface area contributed by atoms with Crippen LogP contribution in [0.15, 0.2) is 41.1 Å². The SMILES string of the molecule is Cc1ccccc1C(CN)CCc1ccsc1. The second-order valence-electron chi connectivity index (χ2n) is 4.46. The highest BCUT2D eigenvalue weighted by Crippen LogP contribution is 2.24. The molecule has 0 spiro atoms. The van der Waals surface area contributed by atoms with Crippen LogP contribution in [-0.4, -0.2) is 6.54 Å². The number of thiophene rings is 1. The summed E-state index contributed by atoms with van der Waals surface area (Å²) in [6.07, 6.45) is 2.26. The van der Waals surface area contributed by atoms with Crippen molar-refractivity contribution in [3.05, 3.63) is 57.8 Å². The van der Waals surface area contributed by atoms with E-state index in [0.29, 0.717) is 5.92 Å². The maximum atomic E-state index is 5.92. The molecule has 0 radical (unpaired) electrons. The quantitative estimate of drug-likeness (QED) is 0.853. The number of benzene rings is 1. The molecule has 0 saturated carbocycles. The van der Waals surface area contributed by atoms with Crippen molar-refractivity contribution >= 4 is 11.3 Å². The summed E-state index contributed by atoms with van der Waals surface area (Å²) in [6.45, 7) is 2.90. The number of hydrogen-bond donors (Lipinski definition) is 1. The molecule has 1 aromatic carbocycles. The van der Waals surface area contributed by atoms with Crippen molar-refractivity contribution in [2.24, 2.45) is 5.73 Å². The van der Waals surface area contributed by atoms with Crippen molar-refractivity contribution < 1.29 is 0 Å². The van der Waals surface area contributed by atoms with Crippen LogP contribution in [-0.2, 0) is 6.42 Å². The van der Waals surface area contributed by atoms with Gasteiger partial charge in [0.25, 0.3) is 0 Å². The second kappa shape index (κ2) is 5.99. The Morgan fingerprint density at radius 2 is 2.06 bits per heavy atom. The zero-order chi connectivity index (χ0) is 12.1. The third-order valence-corrected chi connectivity index (χ3v) is 4.01. The summed E-state index contributed by atoms with van der Waals surface area (Å²) in [4.78, 5) is 0. The average molecular weight is 245 g/mol. The Morgan fingerprint density at radius 1 is 1.24 bits per heavy atom. The molecule has 1 heterocycles. The van der Waals surface area contributed by atoms with Crippen LogP contribution in [0.4, 0.5) is 0 Å². The topological polar surface area (TPSA) is 26.0 Å². The lowest BCUT2D eigenvalue weighted by Gasteiger charge is -2.17. The van der Waals surface area contributed by atoms with Crippen molar-refractivity contribution in [3.63, 3.8) is 0 Å². The molecule has 0 aliphatic carbocycles. The maximum Gasteiger partial charge on any atom is -0.000802 e. The van der Waals surface area contributed by atoms with E-state index >= 15 is 0 Å². The first-order valence-electron chi connectivity index (χ1n) is 6.08. The van der Waals surface area contributed by atoms with Crippen LogP contribution in [0.5, 0.6) is 0 Å². The van der Waals surface area contributed by atoms with E-state index in [9.17, 15) is 0 Å². The normalized spacial score (nSPS) is 12.6. The zero-order valence-electron chi connectivity index (χ0n) is 10.2. The van der Waals surface area contributed by atoms with E-state index in [0.717, 1.165) is 19.4 Å². The fraction of sp³-hybridized carbons (Fsp3) is 0.333. The summed E-state index contributed by atoms with van der Waals surface area (Å²) in [5, 5.41) is 4.37. The minimum absolute atomic E-state index is 0.483. The first kappa shape index (κ1) is 12.3.